The zero-order valence-corrected chi connectivity index (χ0v) is 11.7. The van der Waals surface area contributed by atoms with E-state index in [0.29, 0.717) is 5.82 Å². The first-order valence-corrected chi connectivity index (χ1v) is 6.39. The molecule has 0 unspecified atom stereocenters. The summed E-state index contributed by atoms with van der Waals surface area (Å²) in [5.41, 5.74) is 5.84. The number of rotatable bonds is 3. The minimum Gasteiger partial charge on any atom is -0.392 e. The minimum atomic E-state index is -0.642. The SMILES string of the molecule is Cc1cc(Br)cnc1NC(=O)C1(C(N)=S)CC1. The summed E-state index contributed by atoms with van der Waals surface area (Å²) in [5, 5.41) is 2.78. The lowest BCUT2D eigenvalue weighted by atomic mass is 10.1. The molecular weight excluding hydrogens is 302 g/mol. The molecule has 1 aliphatic rings. The largest absolute Gasteiger partial charge is 0.392 e. The second kappa shape index (κ2) is 4.34. The van der Waals surface area contributed by atoms with Crippen molar-refractivity contribution in [2.45, 2.75) is 19.8 Å². The van der Waals surface area contributed by atoms with Crippen molar-refractivity contribution in [1.82, 2.24) is 4.98 Å². The molecule has 0 aromatic carbocycles. The Morgan fingerprint density at radius 3 is 2.76 bits per heavy atom. The quantitative estimate of drug-likeness (QED) is 0.839. The van der Waals surface area contributed by atoms with E-state index in [1.54, 1.807) is 6.20 Å². The molecule has 0 saturated heterocycles. The molecule has 1 saturated carbocycles. The molecule has 0 radical (unpaired) electrons. The van der Waals surface area contributed by atoms with E-state index in [-0.39, 0.29) is 10.9 Å². The molecule has 1 heterocycles. The predicted octanol–water partition coefficient (Wildman–Crippen LogP) is 2.16. The summed E-state index contributed by atoms with van der Waals surface area (Å²) >= 11 is 8.25. The number of carbonyl (C=O) groups is 1. The summed E-state index contributed by atoms with van der Waals surface area (Å²) in [7, 11) is 0. The Balaban J connectivity index is 2.17. The highest BCUT2D eigenvalue weighted by molar-refractivity contribution is 9.10. The summed E-state index contributed by atoms with van der Waals surface area (Å²) in [5.74, 6) is 0.406. The third-order valence-corrected chi connectivity index (χ3v) is 3.76. The first kappa shape index (κ1) is 12.4. The molecule has 0 bridgehead atoms. The lowest BCUT2D eigenvalue weighted by Crippen LogP contribution is -2.35. The lowest BCUT2D eigenvalue weighted by molar-refractivity contribution is -0.118. The molecule has 2 rings (SSSR count). The number of halogens is 1. The molecular formula is C11H12BrN3OS. The highest BCUT2D eigenvalue weighted by Gasteiger charge is 2.52. The van der Waals surface area contributed by atoms with Gasteiger partial charge >= 0.3 is 0 Å². The molecule has 90 valence electrons. The van der Waals surface area contributed by atoms with Crippen LogP contribution in [0.1, 0.15) is 18.4 Å². The van der Waals surface area contributed by atoms with Gasteiger partial charge in [0.15, 0.2) is 0 Å². The van der Waals surface area contributed by atoms with Gasteiger partial charge in [0.05, 0.1) is 10.4 Å². The van der Waals surface area contributed by atoms with Crippen LogP contribution >= 0.6 is 28.1 Å². The summed E-state index contributed by atoms with van der Waals surface area (Å²) in [4.78, 5) is 16.5. The van der Waals surface area contributed by atoms with Crippen LogP contribution in [0.2, 0.25) is 0 Å². The van der Waals surface area contributed by atoms with Gasteiger partial charge in [-0.1, -0.05) is 12.2 Å². The van der Waals surface area contributed by atoms with Crippen molar-refractivity contribution in [2.24, 2.45) is 11.1 Å². The number of anilines is 1. The average Bonchev–Trinajstić information content (AvgIpc) is 3.02. The van der Waals surface area contributed by atoms with Crippen LogP contribution in [-0.2, 0) is 4.79 Å². The zero-order chi connectivity index (χ0) is 12.6. The van der Waals surface area contributed by atoms with Gasteiger partial charge in [-0.3, -0.25) is 4.79 Å². The van der Waals surface area contributed by atoms with Crippen molar-refractivity contribution in [3.63, 3.8) is 0 Å². The molecule has 1 fully saturated rings. The van der Waals surface area contributed by atoms with Gasteiger partial charge in [-0.25, -0.2) is 4.98 Å². The maximum atomic E-state index is 12.0. The molecule has 1 aliphatic carbocycles. The molecule has 0 spiro atoms. The number of pyridine rings is 1. The van der Waals surface area contributed by atoms with Crippen LogP contribution in [0, 0.1) is 12.3 Å². The van der Waals surface area contributed by atoms with Gasteiger partial charge in [0.25, 0.3) is 0 Å². The number of nitrogens with one attached hydrogen (secondary N) is 1. The lowest BCUT2D eigenvalue weighted by Gasteiger charge is -2.14. The van der Waals surface area contributed by atoms with Crippen LogP contribution in [0.25, 0.3) is 0 Å². The van der Waals surface area contributed by atoms with Crippen molar-refractivity contribution in [1.29, 1.82) is 0 Å². The van der Waals surface area contributed by atoms with Crippen LogP contribution in [0.15, 0.2) is 16.7 Å². The topological polar surface area (TPSA) is 68.0 Å². The minimum absolute atomic E-state index is 0.150. The van der Waals surface area contributed by atoms with Crippen LogP contribution in [0.3, 0.4) is 0 Å². The Labute approximate surface area is 113 Å². The van der Waals surface area contributed by atoms with Crippen LogP contribution < -0.4 is 11.1 Å². The molecule has 1 amide bonds. The van der Waals surface area contributed by atoms with E-state index in [9.17, 15) is 4.79 Å². The zero-order valence-electron chi connectivity index (χ0n) is 9.29. The number of nitrogens with zero attached hydrogens (tertiary/aromatic N) is 1. The highest BCUT2D eigenvalue weighted by atomic mass is 79.9. The van der Waals surface area contributed by atoms with Gasteiger partial charge < -0.3 is 11.1 Å². The summed E-state index contributed by atoms with van der Waals surface area (Å²) < 4.78 is 0.878. The first-order valence-electron chi connectivity index (χ1n) is 5.19. The van der Waals surface area contributed by atoms with Crippen molar-refractivity contribution in [2.75, 3.05) is 5.32 Å². The first-order chi connectivity index (χ1) is 7.95. The summed E-state index contributed by atoms with van der Waals surface area (Å²) in [6.45, 7) is 1.88. The summed E-state index contributed by atoms with van der Waals surface area (Å²) in [6.07, 6.45) is 3.09. The van der Waals surface area contributed by atoms with Crippen LogP contribution in [0.5, 0.6) is 0 Å². The van der Waals surface area contributed by atoms with Gasteiger partial charge in [0.2, 0.25) is 5.91 Å². The van der Waals surface area contributed by atoms with E-state index in [1.807, 2.05) is 13.0 Å². The molecule has 0 aliphatic heterocycles. The Kier molecular flexibility index (Phi) is 3.18. The molecule has 4 nitrogen and oxygen atoms in total. The molecule has 0 atom stereocenters. The van der Waals surface area contributed by atoms with Gasteiger partial charge in [-0.05, 0) is 47.3 Å². The van der Waals surface area contributed by atoms with E-state index in [1.165, 1.54) is 0 Å². The van der Waals surface area contributed by atoms with Gasteiger partial charge in [0, 0.05) is 10.7 Å². The monoisotopic (exact) mass is 313 g/mol. The average molecular weight is 314 g/mol. The third-order valence-electron chi connectivity index (χ3n) is 2.93. The van der Waals surface area contributed by atoms with Crippen LogP contribution in [0.4, 0.5) is 5.82 Å². The number of thiocarbonyl (C=S) groups is 1. The number of aromatic nitrogens is 1. The Hall–Kier alpha value is -1.01. The second-order valence-corrected chi connectivity index (χ2v) is 5.58. The molecule has 3 N–H and O–H groups in total. The third kappa shape index (κ3) is 2.32. The fourth-order valence-electron chi connectivity index (χ4n) is 1.61. The standard InChI is InChI=1S/C11H12BrN3OS/c1-6-4-7(12)5-14-8(6)15-10(16)11(2-3-11)9(13)17/h4-5H,2-3H2,1H3,(H2,13,17)(H,14,15,16). The van der Waals surface area contributed by atoms with E-state index in [4.69, 9.17) is 18.0 Å². The van der Waals surface area contributed by atoms with Gasteiger partial charge in [-0.15, -0.1) is 0 Å². The second-order valence-electron chi connectivity index (χ2n) is 4.22. The number of amides is 1. The fourth-order valence-corrected chi connectivity index (χ4v) is 2.35. The van der Waals surface area contributed by atoms with E-state index in [0.717, 1.165) is 22.9 Å². The maximum Gasteiger partial charge on any atom is 0.238 e. The van der Waals surface area contributed by atoms with E-state index in [2.05, 4.69) is 26.2 Å². The van der Waals surface area contributed by atoms with Crippen LogP contribution in [-0.4, -0.2) is 15.9 Å². The Bertz CT molecular complexity index is 499. The molecule has 1 aromatic heterocycles. The molecule has 17 heavy (non-hydrogen) atoms. The van der Waals surface area contributed by atoms with E-state index < -0.39 is 5.41 Å². The number of hydrogen-bond donors (Lipinski definition) is 2. The molecule has 6 heteroatoms. The molecule has 1 aromatic rings. The predicted molar refractivity (Wildman–Crippen MR) is 73.8 cm³/mol. The van der Waals surface area contributed by atoms with E-state index >= 15 is 0 Å². The van der Waals surface area contributed by atoms with Crippen molar-refractivity contribution < 1.29 is 4.79 Å². The summed E-state index contributed by atoms with van der Waals surface area (Å²) in [6, 6.07) is 1.89. The van der Waals surface area contributed by atoms with Crippen molar-refractivity contribution in [3.05, 3.63) is 22.3 Å². The normalized spacial score (nSPS) is 16.4. The smallest absolute Gasteiger partial charge is 0.238 e. The fraction of sp³-hybridized carbons (Fsp3) is 0.364. The number of carbonyl (C=O) groups excluding carboxylic acids is 1. The van der Waals surface area contributed by atoms with Gasteiger partial charge in [-0.2, -0.15) is 0 Å². The number of nitrogens with two attached hydrogens (primary N) is 1. The maximum absolute atomic E-state index is 12.0. The van der Waals surface area contributed by atoms with Crippen molar-refractivity contribution in [3.8, 4) is 0 Å². The Morgan fingerprint density at radius 2 is 2.29 bits per heavy atom. The Morgan fingerprint density at radius 1 is 1.65 bits per heavy atom. The highest BCUT2D eigenvalue weighted by Crippen LogP contribution is 2.46. The van der Waals surface area contributed by atoms with Gasteiger partial charge in [0.1, 0.15) is 5.82 Å². The number of aryl methyl sites for hydroxylation is 1. The van der Waals surface area contributed by atoms with Crippen molar-refractivity contribution >= 4 is 44.9 Å². The number of hydrogen-bond acceptors (Lipinski definition) is 3.